The highest BCUT2D eigenvalue weighted by molar-refractivity contribution is 5.03. The van der Waals surface area contributed by atoms with Gasteiger partial charge in [-0.1, -0.05) is 20.8 Å². The van der Waals surface area contributed by atoms with Crippen molar-refractivity contribution in [2.24, 2.45) is 0 Å². The molecule has 1 unspecified atom stereocenters. The quantitative estimate of drug-likeness (QED) is 0.672. The second-order valence-electron chi connectivity index (χ2n) is 5.07. The van der Waals surface area contributed by atoms with Crippen LogP contribution in [0.25, 0.3) is 0 Å². The van der Waals surface area contributed by atoms with Crippen molar-refractivity contribution in [2.45, 2.75) is 65.0 Å². The van der Waals surface area contributed by atoms with E-state index < -0.39 is 0 Å². The first-order valence-corrected chi connectivity index (χ1v) is 6.89. The molecular formula is C14H29N3. The van der Waals surface area contributed by atoms with Crippen LogP contribution in [0.3, 0.4) is 0 Å². The molecule has 0 radical (unpaired) electrons. The highest BCUT2D eigenvalue weighted by atomic mass is 15.1. The van der Waals surface area contributed by atoms with E-state index in [-0.39, 0.29) is 5.54 Å². The monoisotopic (exact) mass is 239 g/mol. The normalized spacial score (nSPS) is 14.9. The average molecular weight is 239 g/mol. The Morgan fingerprint density at radius 1 is 1.29 bits per heavy atom. The van der Waals surface area contributed by atoms with Crippen LogP contribution in [0.1, 0.15) is 53.4 Å². The van der Waals surface area contributed by atoms with Gasteiger partial charge in [0.25, 0.3) is 0 Å². The first-order chi connectivity index (χ1) is 8.02. The number of nitrogens with zero attached hydrogens (tertiary/aromatic N) is 2. The average Bonchev–Trinajstić information content (AvgIpc) is 2.35. The molecule has 0 rings (SSSR count). The predicted molar refractivity (Wildman–Crippen MR) is 73.9 cm³/mol. The molecule has 0 amide bonds. The van der Waals surface area contributed by atoms with Crippen LogP contribution in [0.2, 0.25) is 0 Å². The van der Waals surface area contributed by atoms with Gasteiger partial charge in [-0.2, -0.15) is 5.26 Å². The van der Waals surface area contributed by atoms with E-state index in [9.17, 15) is 5.26 Å². The summed E-state index contributed by atoms with van der Waals surface area (Å²) in [7, 11) is 2.16. The zero-order chi connectivity index (χ0) is 13.3. The van der Waals surface area contributed by atoms with Crippen LogP contribution in [0.15, 0.2) is 0 Å². The molecule has 0 saturated heterocycles. The van der Waals surface area contributed by atoms with E-state index in [1.807, 2.05) is 6.92 Å². The minimum Gasteiger partial charge on any atom is -0.303 e. The minimum absolute atomic E-state index is 0.379. The fourth-order valence-electron chi connectivity index (χ4n) is 2.08. The van der Waals surface area contributed by atoms with Crippen LogP contribution < -0.4 is 5.32 Å². The SMILES string of the molecule is CCCNC(C)(C#N)CCN(C)C(CC)CC. The van der Waals surface area contributed by atoms with E-state index in [0.717, 1.165) is 25.9 Å². The summed E-state index contributed by atoms with van der Waals surface area (Å²) >= 11 is 0. The van der Waals surface area contributed by atoms with Gasteiger partial charge in [0.2, 0.25) is 0 Å². The van der Waals surface area contributed by atoms with Gasteiger partial charge < -0.3 is 4.90 Å². The van der Waals surface area contributed by atoms with Gasteiger partial charge in [-0.15, -0.1) is 0 Å². The zero-order valence-corrected chi connectivity index (χ0v) is 12.2. The number of nitrogens with one attached hydrogen (secondary N) is 1. The predicted octanol–water partition coefficient (Wildman–Crippen LogP) is 2.78. The van der Waals surface area contributed by atoms with Gasteiger partial charge >= 0.3 is 0 Å². The van der Waals surface area contributed by atoms with Gasteiger partial charge in [0.15, 0.2) is 0 Å². The molecule has 0 fully saturated rings. The first kappa shape index (κ1) is 16.4. The number of hydrogen-bond acceptors (Lipinski definition) is 3. The van der Waals surface area contributed by atoms with Crippen molar-refractivity contribution in [3.8, 4) is 6.07 Å². The molecule has 0 aromatic heterocycles. The molecule has 3 nitrogen and oxygen atoms in total. The summed E-state index contributed by atoms with van der Waals surface area (Å²) in [6.45, 7) is 10.5. The highest BCUT2D eigenvalue weighted by Gasteiger charge is 2.23. The third-order valence-electron chi connectivity index (χ3n) is 3.54. The van der Waals surface area contributed by atoms with Crippen LogP contribution in [-0.2, 0) is 0 Å². The Morgan fingerprint density at radius 3 is 2.29 bits per heavy atom. The summed E-state index contributed by atoms with van der Waals surface area (Å²) < 4.78 is 0. The molecule has 0 heterocycles. The third-order valence-corrected chi connectivity index (χ3v) is 3.54. The summed E-state index contributed by atoms with van der Waals surface area (Å²) in [4.78, 5) is 2.38. The molecular weight excluding hydrogens is 210 g/mol. The van der Waals surface area contributed by atoms with Crippen molar-refractivity contribution in [2.75, 3.05) is 20.1 Å². The number of rotatable bonds is 9. The topological polar surface area (TPSA) is 39.1 Å². The molecule has 0 aliphatic rings. The van der Waals surface area contributed by atoms with Gasteiger partial charge in [0, 0.05) is 12.6 Å². The van der Waals surface area contributed by atoms with Crippen LogP contribution >= 0.6 is 0 Å². The van der Waals surface area contributed by atoms with E-state index in [2.05, 4.69) is 44.1 Å². The van der Waals surface area contributed by atoms with Crippen molar-refractivity contribution in [3.05, 3.63) is 0 Å². The Bertz CT molecular complexity index is 230. The molecule has 3 heteroatoms. The Balaban J connectivity index is 4.18. The van der Waals surface area contributed by atoms with E-state index >= 15 is 0 Å². The van der Waals surface area contributed by atoms with Gasteiger partial charge in [0.1, 0.15) is 5.54 Å². The Labute approximate surface area is 107 Å². The fraction of sp³-hybridized carbons (Fsp3) is 0.929. The lowest BCUT2D eigenvalue weighted by Crippen LogP contribution is -2.45. The van der Waals surface area contributed by atoms with E-state index in [0.29, 0.717) is 6.04 Å². The first-order valence-electron chi connectivity index (χ1n) is 6.89. The van der Waals surface area contributed by atoms with Crippen molar-refractivity contribution in [3.63, 3.8) is 0 Å². The maximum absolute atomic E-state index is 9.25. The summed E-state index contributed by atoms with van der Waals surface area (Å²) in [5, 5.41) is 12.6. The second kappa shape index (κ2) is 8.49. The molecule has 100 valence electrons. The van der Waals surface area contributed by atoms with Gasteiger partial charge in [-0.3, -0.25) is 5.32 Å². The largest absolute Gasteiger partial charge is 0.303 e. The Morgan fingerprint density at radius 2 is 1.88 bits per heavy atom. The standard InChI is InChI=1S/C14H29N3/c1-6-10-16-14(4,12-15)9-11-17(5)13(7-2)8-3/h13,16H,6-11H2,1-5H3. The van der Waals surface area contributed by atoms with E-state index in [1.54, 1.807) is 0 Å². The molecule has 0 saturated carbocycles. The lowest BCUT2D eigenvalue weighted by Gasteiger charge is -2.30. The van der Waals surface area contributed by atoms with Crippen molar-refractivity contribution in [1.82, 2.24) is 10.2 Å². The summed E-state index contributed by atoms with van der Waals surface area (Å²) in [6.07, 6.45) is 4.31. The third kappa shape index (κ3) is 6.05. The molecule has 17 heavy (non-hydrogen) atoms. The molecule has 0 aromatic carbocycles. The minimum atomic E-state index is -0.379. The van der Waals surface area contributed by atoms with Gasteiger partial charge in [0.05, 0.1) is 6.07 Å². The lowest BCUT2D eigenvalue weighted by atomic mass is 9.98. The maximum atomic E-state index is 9.25. The maximum Gasteiger partial charge on any atom is 0.105 e. The number of nitriles is 1. The summed E-state index contributed by atoms with van der Waals surface area (Å²) in [6, 6.07) is 3.05. The van der Waals surface area contributed by atoms with Crippen molar-refractivity contribution < 1.29 is 0 Å². The van der Waals surface area contributed by atoms with E-state index in [4.69, 9.17) is 0 Å². The fourth-order valence-corrected chi connectivity index (χ4v) is 2.08. The Kier molecular flexibility index (Phi) is 8.20. The molecule has 1 N–H and O–H groups in total. The Hall–Kier alpha value is -0.590. The molecule has 0 aliphatic heterocycles. The van der Waals surface area contributed by atoms with Crippen LogP contribution in [0.5, 0.6) is 0 Å². The van der Waals surface area contributed by atoms with Gasteiger partial charge in [-0.25, -0.2) is 0 Å². The molecule has 0 aliphatic carbocycles. The van der Waals surface area contributed by atoms with Crippen molar-refractivity contribution in [1.29, 1.82) is 5.26 Å². The molecule has 0 aromatic rings. The molecule has 1 atom stereocenters. The van der Waals surface area contributed by atoms with Gasteiger partial charge in [-0.05, 0) is 46.2 Å². The molecule has 0 bridgehead atoms. The van der Waals surface area contributed by atoms with Crippen LogP contribution in [0, 0.1) is 11.3 Å². The zero-order valence-electron chi connectivity index (χ0n) is 12.2. The molecule has 0 spiro atoms. The smallest absolute Gasteiger partial charge is 0.105 e. The number of hydrogen-bond donors (Lipinski definition) is 1. The summed E-state index contributed by atoms with van der Waals surface area (Å²) in [5.74, 6) is 0. The highest BCUT2D eigenvalue weighted by Crippen LogP contribution is 2.12. The van der Waals surface area contributed by atoms with Crippen LogP contribution in [0.4, 0.5) is 0 Å². The van der Waals surface area contributed by atoms with Crippen LogP contribution in [-0.4, -0.2) is 36.6 Å². The van der Waals surface area contributed by atoms with E-state index in [1.165, 1.54) is 12.8 Å². The lowest BCUT2D eigenvalue weighted by molar-refractivity contribution is 0.209. The van der Waals surface area contributed by atoms with Crippen molar-refractivity contribution >= 4 is 0 Å². The summed E-state index contributed by atoms with van der Waals surface area (Å²) in [5.41, 5.74) is -0.379. The second-order valence-corrected chi connectivity index (χ2v) is 5.07.